The standard InChI is InChI=1S/C24H21ClO4/c1-29-22-10-6-5-9-19(22)23(27)24(28)20(16-11-13-18(25)14-12-16)15-21(26)17-7-3-2-4-8-17/h2-14,20,24,28H,15H2,1H3/t20-,24-/m1/s1. The zero-order valence-corrected chi connectivity index (χ0v) is 16.7. The summed E-state index contributed by atoms with van der Waals surface area (Å²) in [6, 6.07) is 22.3. The first-order valence-electron chi connectivity index (χ1n) is 9.20. The number of ether oxygens (including phenoxy) is 1. The van der Waals surface area contributed by atoms with Gasteiger partial charge in [-0.25, -0.2) is 0 Å². The molecule has 3 aromatic carbocycles. The lowest BCUT2D eigenvalue weighted by molar-refractivity contribution is 0.0663. The monoisotopic (exact) mass is 408 g/mol. The van der Waals surface area contributed by atoms with Crippen molar-refractivity contribution in [1.29, 1.82) is 0 Å². The Hall–Kier alpha value is -2.95. The molecule has 2 atom stereocenters. The van der Waals surface area contributed by atoms with Crippen LogP contribution in [0.2, 0.25) is 5.02 Å². The molecule has 3 rings (SSSR count). The number of para-hydroxylation sites is 1. The van der Waals surface area contributed by atoms with Gasteiger partial charge in [0.1, 0.15) is 11.9 Å². The Morgan fingerprint density at radius 2 is 1.55 bits per heavy atom. The van der Waals surface area contributed by atoms with Gasteiger partial charge in [-0.15, -0.1) is 0 Å². The average molecular weight is 409 g/mol. The first-order chi connectivity index (χ1) is 14.0. The summed E-state index contributed by atoms with van der Waals surface area (Å²) in [4.78, 5) is 25.9. The van der Waals surface area contributed by atoms with Gasteiger partial charge in [-0.3, -0.25) is 9.59 Å². The van der Waals surface area contributed by atoms with Gasteiger partial charge in [-0.2, -0.15) is 0 Å². The smallest absolute Gasteiger partial charge is 0.195 e. The van der Waals surface area contributed by atoms with E-state index in [4.69, 9.17) is 16.3 Å². The van der Waals surface area contributed by atoms with Crippen LogP contribution < -0.4 is 4.74 Å². The number of aliphatic hydroxyl groups is 1. The lowest BCUT2D eigenvalue weighted by atomic mass is 9.84. The zero-order chi connectivity index (χ0) is 20.8. The third-order valence-electron chi connectivity index (χ3n) is 4.82. The molecule has 0 spiro atoms. The Bertz CT molecular complexity index is 983. The predicted molar refractivity (Wildman–Crippen MR) is 113 cm³/mol. The largest absolute Gasteiger partial charge is 0.496 e. The molecule has 0 saturated carbocycles. The van der Waals surface area contributed by atoms with Crippen LogP contribution in [0.25, 0.3) is 0 Å². The number of benzene rings is 3. The number of carbonyl (C=O) groups excluding carboxylic acids is 2. The molecule has 3 aromatic rings. The van der Waals surface area contributed by atoms with E-state index in [2.05, 4.69) is 0 Å². The van der Waals surface area contributed by atoms with Gasteiger partial charge in [0.05, 0.1) is 12.7 Å². The van der Waals surface area contributed by atoms with E-state index in [-0.39, 0.29) is 17.8 Å². The van der Waals surface area contributed by atoms with Crippen molar-refractivity contribution in [2.45, 2.75) is 18.4 Å². The highest BCUT2D eigenvalue weighted by Gasteiger charge is 2.32. The molecule has 5 heteroatoms. The minimum Gasteiger partial charge on any atom is -0.496 e. The molecule has 0 aliphatic rings. The van der Waals surface area contributed by atoms with E-state index in [9.17, 15) is 14.7 Å². The molecular weight excluding hydrogens is 388 g/mol. The number of carbonyl (C=O) groups is 2. The van der Waals surface area contributed by atoms with Gasteiger partial charge in [0.15, 0.2) is 11.6 Å². The van der Waals surface area contributed by atoms with Crippen molar-refractivity contribution in [1.82, 2.24) is 0 Å². The van der Waals surface area contributed by atoms with E-state index in [1.165, 1.54) is 7.11 Å². The van der Waals surface area contributed by atoms with Crippen molar-refractivity contribution in [3.8, 4) is 5.75 Å². The highest BCUT2D eigenvalue weighted by molar-refractivity contribution is 6.30. The SMILES string of the molecule is COc1ccccc1C(=O)[C@H](O)[C@H](CC(=O)c1ccccc1)c1ccc(Cl)cc1. The van der Waals surface area contributed by atoms with Crippen LogP contribution in [0.3, 0.4) is 0 Å². The van der Waals surface area contributed by atoms with E-state index in [1.54, 1.807) is 72.8 Å². The number of aliphatic hydroxyl groups excluding tert-OH is 1. The van der Waals surface area contributed by atoms with E-state index in [1.807, 2.05) is 6.07 Å². The maximum atomic E-state index is 13.1. The van der Waals surface area contributed by atoms with Gasteiger partial charge in [0.25, 0.3) is 0 Å². The van der Waals surface area contributed by atoms with Crippen LogP contribution in [0.5, 0.6) is 5.75 Å². The maximum absolute atomic E-state index is 13.1. The highest BCUT2D eigenvalue weighted by Crippen LogP contribution is 2.30. The van der Waals surface area contributed by atoms with Crippen molar-refractivity contribution in [3.05, 3.63) is 101 Å². The van der Waals surface area contributed by atoms with Crippen molar-refractivity contribution >= 4 is 23.2 Å². The summed E-state index contributed by atoms with van der Waals surface area (Å²) in [6.07, 6.45) is -1.44. The van der Waals surface area contributed by atoms with E-state index in [0.29, 0.717) is 21.9 Å². The molecular formula is C24H21ClO4. The summed E-state index contributed by atoms with van der Waals surface area (Å²) in [5, 5.41) is 11.5. The van der Waals surface area contributed by atoms with Gasteiger partial charge < -0.3 is 9.84 Å². The Kier molecular flexibility index (Phi) is 6.81. The van der Waals surface area contributed by atoms with Gasteiger partial charge in [-0.05, 0) is 29.8 Å². The number of Topliss-reactive ketones (excluding diaryl/α,β-unsaturated/α-hetero) is 2. The first-order valence-corrected chi connectivity index (χ1v) is 9.58. The van der Waals surface area contributed by atoms with Crippen molar-refractivity contribution < 1.29 is 19.4 Å². The van der Waals surface area contributed by atoms with Crippen LogP contribution >= 0.6 is 11.6 Å². The molecule has 148 valence electrons. The predicted octanol–water partition coefficient (Wildman–Crippen LogP) is 4.95. The Labute approximate surface area is 174 Å². The third-order valence-corrected chi connectivity index (χ3v) is 5.07. The molecule has 29 heavy (non-hydrogen) atoms. The Balaban J connectivity index is 1.94. The average Bonchev–Trinajstić information content (AvgIpc) is 2.77. The molecule has 0 bridgehead atoms. The molecule has 0 fully saturated rings. The number of methoxy groups -OCH3 is 1. The van der Waals surface area contributed by atoms with Crippen LogP contribution in [0.15, 0.2) is 78.9 Å². The normalized spacial score (nSPS) is 12.8. The van der Waals surface area contributed by atoms with Gasteiger partial charge in [-0.1, -0.05) is 66.2 Å². The molecule has 0 amide bonds. The van der Waals surface area contributed by atoms with Gasteiger partial charge >= 0.3 is 0 Å². The summed E-state index contributed by atoms with van der Waals surface area (Å²) >= 11 is 5.98. The van der Waals surface area contributed by atoms with Gasteiger partial charge in [0, 0.05) is 22.9 Å². The summed E-state index contributed by atoms with van der Waals surface area (Å²) in [5.41, 5.74) is 1.46. The lowest BCUT2D eigenvalue weighted by Crippen LogP contribution is -2.30. The van der Waals surface area contributed by atoms with E-state index >= 15 is 0 Å². The maximum Gasteiger partial charge on any atom is 0.195 e. The fourth-order valence-electron chi connectivity index (χ4n) is 3.25. The number of hydrogen-bond donors (Lipinski definition) is 1. The van der Waals surface area contributed by atoms with Gasteiger partial charge in [0.2, 0.25) is 0 Å². The minimum atomic E-state index is -1.42. The number of ketones is 2. The van der Waals surface area contributed by atoms with Crippen LogP contribution in [0.1, 0.15) is 38.6 Å². The summed E-state index contributed by atoms with van der Waals surface area (Å²) in [6.45, 7) is 0. The number of hydrogen-bond acceptors (Lipinski definition) is 4. The molecule has 0 heterocycles. The Morgan fingerprint density at radius 3 is 2.21 bits per heavy atom. The van der Waals surface area contributed by atoms with Crippen molar-refractivity contribution in [2.75, 3.05) is 7.11 Å². The minimum absolute atomic E-state index is 0.0201. The molecule has 0 aliphatic carbocycles. The molecule has 0 unspecified atom stereocenters. The van der Waals surface area contributed by atoms with Crippen LogP contribution in [0.4, 0.5) is 0 Å². The zero-order valence-electron chi connectivity index (χ0n) is 15.9. The quantitative estimate of drug-likeness (QED) is 0.536. The molecule has 0 aliphatic heterocycles. The fraction of sp³-hybridized carbons (Fsp3) is 0.167. The highest BCUT2D eigenvalue weighted by atomic mass is 35.5. The molecule has 0 radical (unpaired) electrons. The van der Waals surface area contributed by atoms with Crippen LogP contribution in [0, 0.1) is 0 Å². The lowest BCUT2D eigenvalue weighted by Gasteiger charge is -2.23. The Morgan fingerprint density at radius 1 is 0.931 bits per heavy atom. The topological polar surface area (TPSA) is 63.6 Å². The molecule has 0 saturated heterocycles. The molecule has 4 nitrogen and oxygen atoms in total. The van der Waals surface area contributed by atoms with Crippen LogP contribution in [-0.4, -0.2) is 29.9 Å². The second-order valence-corrected chi connectivity index (χ2v) is 7.10. The number of rotatable bonds is 8. The second kappa shape index (κ2) is 9.50. The summed E-state index contributed by atoms with van der Waals surface area (Å²) < 4.78 is 5.25. The summed E-state index contributed by atoms with van der Waals surface area (Å²) in [5.74, 6) is -1.00. The fourth-order valence-corrected chi connectivity index (χ4v) is 3.38. The number of halogens is 1. The van der Waals surface area contributed by atoms with Crippen LogP contribution in [-0.2, 0) is 0 Å². The van der Waals surface area contributed by atoms with E-state index < -0.39 is 17.8 Å². The summed E-state index contributed by atoms with van der Waals surface area (Å²) in [7, 11) is 1.47. The molecule has 0 aromatic heterocycles. The first kappa shape index (κ1) is 20.8. The second-order valence-electron chi connectivity index (χ2n) is 6.66. The van der Waals surface area contributed by atoms with E-state index in [0.717, 1.165) is 0 Å². The third kappa shape index (κ3) is 4.91. The van der Waals surface area contributed by atoms with Crippen molar-refractivity contribution in [2.24, 2.45) is 0 Å². The van der Waals surface area contributed by atoms with Crippen molar-refractivity contribution in [3.63, 3.8) is 0 Å². The molecule has 1 N–H and O–H groups in total.